The van der Waals surface area contributed by atoms with Crippen LogP contribution in [0.4, 0.5) is 4.79 Å². The molecule has 3 aromatic rings. The van der Waals surface area contributed by atoms with Gasteiger partial charge in [0.15, 0.2) is 11.5 Å². The van der Waals surface area contributed by atoms with Crippen molar-refractivity contribution in [2.75, 3.05) is 6.79 Å². The van der Waals surface area contributed by atoms with Crippen LogP contribution in [0.2, 0.25) is 0 Å². The fourth-order valence-electron chi connectivity index (χ4n) is 3.76. The highest BCUT2D eigenvalue weighted by atomic mass is 16.7. The number of imide groups is 1. The van der Waals surface area contributed by atoms with Crippen LogP contribution in [0.1, 0.15) is 18.1 Å². The molecular weight excluding hydrogens is 396 g/mol. The molecule has 5 rings (SSSR count). The zero-order chi connectivity index (χ0) is 21.4. The zero-order valence-corrected chi connectivity index (χ0v) is 16.8. The number of benzene rings is 3. The molecule has 1 fully saturated rings. The summed E-state index contributed by atoms with van der Waals surface area (Å²) in [4.78, 5) is 27.3. The molecule has 0 aromatic heterocycles. The van der Waals surface area contributed by atoms with Crippen molar-refractivity contribution in [3.63, 3.8) is 0 Å². The number of urea groups is 1. The van der Waals surface area contributed by atoms with Crippen LogP contribution in [0, 0.1) is 0 Å². The highest BCUT2D eigenvalue weighted by Gasteiger charge is 2.49. The summed E-state index contributed by atoms with van der Waals surface area (Å²) in [5.74, 6) is 2.10. The van der Waals surface area contributed by atoms with E-state index in [4.69, 9.17) is 14.2 Å². The van der Waals surface area contributed by atoms with Crippen molar-refractivity contribution < 1.29 is 23.8 Å². The third-order valence-electron chi connectivity index (χ3n) is 5.50. The SMILES string of the molecule is C[C@@]1(c2ccc3c(c2)OCO3)NC(=O)N(Cc2ccccc2Oc2ccccc2)C1=O. The number of hydrogen-bond acceptors (Lipinski definition) is 5. The van der Waals surface area contributed by atoms with Gasteiger partial charge in [-0.2, -0.15) is 0 Å². The van der Waals surface area contributed by atoms with Gasteiger partial charge in [-0.25, -0.2) is 4.79 Å². The third-order valence-corrected chi connectivity index (χ3v) is 5.50. The van der Waals surface area contributed by atoms with Gasteiger partial charge in [-0.1, -0.05) is 42.5 Å². The van der Waals surface area contributed by atoms with Gasteiger partial charge in [0.25, 0.3) is 5.91 Å². The first kappa shape index (κ1) is 19.0. The number of amides is 3. The van der Waals surface area contributed by atoms with Crippen molar-refractivity contribution >= 4 is 11.9 Å². The maximum atomic E-state index is 13.3. The standard InChI is InChI=1S/C24H20N2O5/c1-24(17-11-12-20-21(13-17)30-15-29-20)22(27)26(23(28)25-24)14-16-7-5-6-10-19(16)31-18-8-3-2-4-9-18/h2-13H,14-15H2,1H3,(H,25,28)/t24-/m0/s1. The number of nitrogens with one attached hydrogen (secondary N) is 1. The molecular formula is C24H20N2O5. The molecule has 31 heavy (non-hydrogen) atoms. The van der Waals surface area contributed by atoms with Gasteiger partial charge >= 0.3 is 6.03 Å². The summed E-state index contributed by atoms with van der Waals surface area (Å²) >= 11 is 0. The normalized spacial score (nSPS) is 19.5. The van der Waals surface area contributed by atoms with Gasteiger partial charge in [0.2, 0.25) is 6.79 Å². The summed E-state index contributed by atoms with van der Waals surface area (Å²) in [6, 6.07) is 21.5. The fourth-order valence-corrected chi connectivity index (χ4v) is 3.76. The Labute approximate surface area is 179 Å². The Morgan fingerprint density at radius 3 is 2.55 bits per heavy atom. The number of hydrogen-bond donors (Lipinski definition) is 1. The Balaban J connectivity index is 1.41. The van der Waals surface area contributed by atoms with Gasteiger partial charge in [-0.05, 0) is 42.8 Å². The first-order chi connectivity index (χ1) is 15.0. The molecule has 7 nitrogen and oxygen atoms in total. The summed E-state index contributed by atoms with van der Waals surface area (Å²) in [6.07, 6.45) is 0. The minimum Gasteiger partial charge on any atom is -0.457 e. The second-order valence-corrected chi connectivity index (χ2v) is 7.54. The summed E-state index contributed by atoms with van der Waals surface area (Å²) in [6.45, 7) is 1.92. The second kappa shape index (κ2) is 7.36. The first-order valence-corrected chi connectivity index (χ1v) is 9.90. The van der Waals surface area contributed by atoms with Crippen molar-refractivity contribution in [2.24, 2.45) is 0 Å². The van der Waals surface area contributed by atoms with Gasteiger partial charge < -0.3 is 19.5 Å². The van der Waals surface area contributed by atoms with Crippen LogP contribution in [0.25, 0.3) is 0 Å². The minimum absolute atomic E-state index is 0.0911. The van der Waals surface area contributed by atoms with E-state index in [1.807, 2.05) is 54.6 Å². The van der Waals surface area contributed by atoms with Crippen LogP contribution in [-0.4, -0.2) is 23.6 Å². The van der Waals surface area contributed by atoms with Gasteiger partial charge in [0.05, 0.1) is 6.54 Å². The minimum atomic E-state index is -1.20. The molecule has 0 unspecified atom stereocenters. The quantitative estimate of drug-likeness (QED) is 0.632. The van der Waals surface area contributed by atoms with E-state index < -0.39 is 11.6 Å². The molecule has 1 saturated heterocycles. The smallest absolute Gasteiger partial charge is 0.325 e. The molecule has 0 bridgehead atoms. The average molecular weight is 416 g/mol. The lowest BCUT2D eigenvalue weighted by molar-refractivity contribution is -0.131. The molecule has 3 aromatic carbocycles. The number of carbonyl (C=O) groups is 2. The van der Waals surface area contributed by atoms with Crippen LogP contribution in [0.15, 0.2) is 72.8 Å². The highest BCUT2D eigenvalue weighted by molar-refractivity contribution is 6.07. The number of fused-ring (bicyclic) bond motifs is 1. The molecule has 2 aliphatic heterocycles. The largest absolute Gasteiger partial charge is 0.457 e. The van der Waals surface area contributed by atoms with Crippen molar-refractivity contribution in [1.29, 1.82) is 0 Å². The topological polar surface area (TPSA) is 77.1 Å². The van der Waals surface area contributed by atoms with Crippen LogP contribution in [-0.2, 0) is 16.9 Å². The summed E-state index contributed by atoms with van der Waals surface area (Å²) in [7, 11) is 0. The number of nitrogens with zero attached hydrogens (tertiary/aromatic N) is 1. The predicted octanol–water partition coefficient (Wildman–Crippen LogP) is 4.17. The number of para-hydroxylation sites is 2. The van der Waals surface area contributed by atoms with Crippen molar-refractivity contribution in [3.05, 3.63) is 83.9 Å². The predicted molar refractivity (Wildman–Crippen MR) is 112 cm³/mol. The lowest BCUT2D eigenvalue weighted by Gasteiger charge is -2.23. The molecule has 0 radical (unpaired) electrons. The number of carbonyl (C=O) groups excluding carboxylic acids is 2. The first-order valence-electron chi connectivity index (χ1n) is 9.90. The van der Waals surface area contributed by atoms with Crippen molar-refractivity contribution in [1.82, 2.24) is 10.2 Å². The second-order valence-electron chi connectivity index (χ2n) is 7.54. The summed E-state index contributed by atoms with van der Waals surface area (Å²) in [5.41, 5.74) is 0.157. The molecule has 156 valence electrons. The Bertz CT molecular complexity index is 1160. The highest BCUT2D eigenvalue weighted by Crippen LogP contribution is 2.38. The Morgan fingerprint density at radius 1 is 0.968 bits per heavy atom. The summed E-state index contributed by atoms with van der Waals surface area (Å²) < 4.78 is 16.7. The van der Waals surface area contributed by atoms with Gasteiger partial charge in [-0.15, -0.1) is 0 Å². The lowest BCUT2D eigenvalue weighted by atomic mass is 9.91. The molecule has 3 amide bonds. The number of rotatable bonds is 5. The lowest BCUT2D eigenvalue weighted by Crippen LogP contribution is -2.40. The maximum absolute atomic E-state index is 13.3. The van der Waals surface area contributed by atoms with Gasteiger partial charge in [0.1, 0.15) is 17.0 Å². The van der Waals surface area contributed by atoms with E-state index in [0.29, 0.717) is 28.6 Å². The van der Waals surface area contributed by atoms with Crippen molar-refractivity contribution in [2.45, 2.75) is 19.0 Å². The van der Waals surface area contributed by atoms with E-state index in [0.717, 1.165) is 5.56 Å². The number of ether oxygens (including phenoxy) is 3. The van der Waals surface area contributed by atoms with E-state index >= 15 is 0 Å². The van der Waals surface area contributed by atoms with E-state index in [1.54, 1.807) is 25.1 Å². The third kappa shape index (κ3) is 3.34. The average Bonchev–Trinajstić information content (AvgIpc) is 3.34. The Hall–Kier alpha value is -4.00. The van der Waals surface area contributed by atoms with Crippen LogP contribution in [0.3, 0.4) is 0 Å². The van der Waals surface area contributed by atoms with E-state index in [2.05, 4.69) is 5.32 Å². The van der Waals surface area contributed by atoms with Gasteiger partial charge in [0, 0.05) is 5.56 Å². The van der Waals surface area contributed by atoms with E-state index in [-0.39, 0.29) is 19.2 Å². The Kier molecular flexibility index (Phi) is 4.51. The van der Waals surface area contributed by atoms with Crippen molar-refractivity contribution in [3.8, 4) is 23.0 Å². The van der Waals surface area contributed by atoms with E-state index in [9.17, 15) is 9.59 Å². The van der Waals surface area contributed by atoms with E-state index in [1.165, 1.54) is 4.90 Å². The fraction of sp³-hybridized carbons (Fsp3) is 0.167. The monoisotopic (exact) mass is 416 g/mol. The molecule has 0 saturated carbocycles. The van der Waals surface area contributed by atoms with Crippen LogP contribution < -0.4 is 19.5 Å². The maximum Gasteiger partial charge on any atom is 0.325 e. The van der Waals surface area contributed by atoms with Crippen LogP contribution >= 0.6 is 0 Å². The molecule has 1 N–H and O–H groups in total. The molecule has 7 heteroatoms. The zero-order valence-electron chi connectivity index (χ0n) is 16.8. The Morgan fingerprint density at radius 2 is 1.71 bits per heavy atom. The molecule has 1 atom stereocenters. The molecule has 0 aliphatic carbocycles. The molecule has 2 heterocycles. The molecule has 2 aliphatic rings. The van der Waals surface area contributed by atoms with Gasteiger partial charge in [-0.3, -0.25) is 9.69 Å². The summed E-state index contributed by atoms with van der Waals surface area (Å²) in [5, 5.41) is 2.83. The molecule has 0 spiro atoms. The van der Waals surface area contributed by atoms with Crippen LogP contribution in [0.5, 0.6) is 23.0 Å².